The average Bonchev–Trinajstić information content (AvgIpc) is 2.69. The van der Waals surface area contributed by atoms with Crippen LogP contribution in [0.4, 0.5) is 5.69 Å². The monoisotopic (exact) mass is 245 g/mol. The van der Waals surface area contributed by atoms with Gasteiger partial charge in [-0.25, -0.2) is 4.98 Å². The van der Waals surface area contributed by atoms with Gasteiger partial charge in [0.05, 0.1) is 13.3 Å². The topological polar surface area (TPSA) is 70.1 Å². The van der Waals surface area contributed by atoms with Gasteiger partial charge in [-0.3, -0.25) is 4.79 Å². The number of ether oxygens (including phenoxy) is 1. The largest absolute Gasteiger partial charge is 0.497 e. The van der Waals surface area contributed by atoms with Crippen molar-refractivity contribution in [1.82, 2.24) is 9.55 Å². The van der Waals surface area contributed by atoms with Crippen molar-refractivity contribution < 1.29 is 9.53 Å². The van der Waals surface area contributed by atoms with Gasteiger partial charge < -0.3 is 15.0 Å². The number of rotatable bonds is 3. The van der Waals surface area contributed by atoms with Crippen LogP contribution in [-0.4, -0.2) is 22.4 Å². The number of nitrogens with two attached hydrogens (primary N) is 1. The minimum Gasteiger partial charge on any atom is -0.497 e. The van der Waals surface area contributed by atoms with E-state index in [4.69, 9.17) is 10.5 Å². The van der Waals surface area contributed by atoms with Gasteiger partial charge in [0.1, 0.15) is 17.3 Å². The van der Waals surface area contributed by atoms with E-state index in [2.05, 4.69) is 4.98 Å². The zero-order valence-electron chi connectivity index (χ0n) is 10.6. The smallest absolute Gasteiger partial charge is 0.213 e. The maximum atomic E-state index is 12.3. The van der Waals surface area contributed by atoms with Crippen LogP contribution in [-0.2, 0) is 7.05 Å². The normalized spacial score (nSPS) is 10.4. The Morgan fingerprint density at radius 1 is 1.44 bits per heavy atom. The van der Waals surface area contributed by atoms with Gasteiger partial charge in [0.2, 0.25) is 5.78 Å². The molecule has 0 aliphatic heterocycles. The molecule has 0 amide bonds. The minimum atomic E-state index is -0.141. The first kappa shape index (κ1) is 12.2. The number of aryl methyl sites for hydroxylation is 1. The van der Waals surface area contributed by atoms with Crippen LogP contribution in [0.15, 0.2) is 24.4 Å². The maximum absolute atomic E-state index is 12.3. The fraction of sp³-hybridized carbons (Fsp3) is 0.231. The molecule has 0 aliphatic rings. The Balaban J connectivity index is 2.43. The number of carbonyl (C=O) groups excluding carboxylic acids is 1. The molecule has 0 saturated heterocycles. The number of hydrogen-bond acceptors (Lipinski definition) is 4. The van der Waals surface area contributed by atoms with Crippen LogP contribution in [0.1, 0.15) is 21.9 Å². The molecule has 5 nitrogen and oxygen atoms in total. The highest BCUT2D eigenvalue weighted by molar-refractivity contribution is 6.11. The van der Waals surface area contributed by atoms with Crippen molar-refractivity contribution in [3.05, 3.63) is 41.5 Å². The van der Waals surface area contributed by atoms with E-state index in [-0.39, 0.29) is 5.78 Å². The Hall–Kier alpha value is -2.30. The fourth-order valence-corrected chi connectivity index (χ4v) is 1.73. The molecule has 94 valence electrons. The van der Waals surface area contributed by atoms with Crippen LogP contribution in [0.25, 0.3) is 0 Å². The summed E-state index contributed by atoms with van der Waals surface area (Å²) in [6, 6.07) is 5.02. The van der Waals surface area contributed by atoms with Crippen LogP contribution in [0.2, 0.25) is 0 Å². The van der Waals surface area contributed by atoms with Crippen molar-refractivity contribution in [3.63, 3.8) is 0 Å². The Bertz CT molecular complexity index is 602. The number of ketones is 1. The van der Waals surface area contributed by atoms with Gasteiger partial charge in [-0.05, 0) is 19.1 Å². The zero-order valence-corrected chi connectivity index (χ0v) is 10.6. The van der Waals surface area contributed by atoms with Gasteiger partial charge >= 0.3 is 0 Å². The number of nitrogens with zero attached hydrogens (tertiary/aromatic N) is 2. The summed E-state index contributed by atoms with van der Waals surface area (Å²) in [6.07, 6.45) is 1.56. The molecule has 2 N–H and O–H groups in total. The summed E-state index contributed by atoms with van der Waals surface area (Å²) in [5, 5.41) is 0. The number of imidazole rings is 1. The average molecular weight is 245 g/mol. The third-order valence-electron chi connectivity index (χ3n) is 2.96. The number of benzene rings is 1. The zero-order chi connectivity index (χ0) is 13.3. The second-order valence-corrected chi connectivity index (χ2v) is 4.03. The minimum absolute atomic E-state index is 0.141. The Kier molecular flexibility index (Phi) is 3.06. The second-order valence-electron chi connectivity index (χ2n) is 4.03. The van der Waals surface area contributed by atoms with Crippen molar-refractivity contribution in [2.24, 2.45) is 7.05 Å². The summed E-state index contributed by atoms with van der Waals surface area (Å²) >= 11 is 0. The van der Waals surface area contributed by atoms with Gasteiger partial charge in [0.15, 0.2) is 0 Å². The van der Waals surface area contributed by atoms with Gasteiger partial charge in [-0.1, -0.05) is 0 Å². The molecular weight excluding hydrogens is 230 g/mol. The predicted octanol–water partition coefficient (Wildman–Crippen LogP) is 1.55. The van der Waals surface area contributed by atoms with Crippen LogP contribution in [0.5, 0.6) is 5.75 Å². The lowest BCUT2D eigenvalue weighted by Gasteiger charge is -2.07. The predicted molar refractivity (Wildman–Crippen MR) is 68.8 cm³/mol. The van der Waals surface area contributed by atoms with Crippen molar-refractivity contribution >= 4 is 11.5 Å². The van der Waals surface area contributed by atoms with Crippen LogP contribution in [0, 0.1) is 6.92 Å². The highest BCUT2D eigenvalue weighted by Gasteiger charge is 2.17. The lowest BCUT2D eigenvalue weighted by atomic mass is 10.1. The SMILES string of the molecule is COc1ccc(C(=O)c2cnc(C)n2C)c(N)c1. The first-order valence-electron chi connectivity index (χ1n) is 5.51. The summed E-state index contributed by atoms with van der Waals surface area (Å²) < 4.78 is 6.80. The van der Waals surface area contributed by atoms with E-state index in [1.54, 1.807) is 43.1 Å². The standard InChI is InChI=1S/C13H15N3O2/c1-8-15-7-12(16(8)2)13(17)10-5-4-9(18-3)6-11(10)14/h4-7H,14H2,1-3H3. The highest BCUT2D eigenvalue weighted by atomic mass is 16.5. The molecule has 1 aromatic heterocycles. The maximum Gasteiger partial charge on any atom is 0.213 e. The summed E-state index contributed by atoms with van der Waals surface area (Å²) in [4.78, 5) is 16.4. The highest BCUT2D eigenvalue weighted by Crippen LogP contribution is 2.22. The number of hydrogen-bond donors (Lipinski definition) is 1. The fourth-order valence-electron chi connectivity index (χ4n) is 1.73. The molecule has 0 unspecified atom stereocenters. The second kappa shape index (κ2) is 4.52. The van der Waals surface area contributed by atoms with Gasteiger partial charge in [-0.2, -0.15) is 0 Å². The van der Waals surface area contributed by atoms with Gasteiger partial charge in [-0.15, -0.1) is 0 Å². The molecule has 1 aromatic carbocycles. The van der Waals surface area contributed by atoms with Gasteiger partial charge in [0, 0.05) is 24.4 Å². The van der Waals surface area contributed by atoms with Gasteiger partial charge in [0.25, 0.3) is 0 Å². The molecule has 0 bridgehead atoms. The lowest BCUT2D eigenvalue weighted by Crippen LogP contribution is -2.10. The van der Waals surface area contributed by atoms with Crippen molar-refractivity contribution in [1.29, 1.82) is 0 Å². The Morgan fingerprint density at radius 3 is 2.67 bits per heavy atom. The summed E-state index contributed by atoms with van der Waals surface area (Å²) in [6.45, 7) is 1.84. The molecule has 1 heterocycles. The van der Waals surface area contributed by atoms with Crippen LogP contribution < -0.4 is 10.5 Å². The molecule has 0 fully saturated rings. The molecule has 0 saturated carbocycles. The third kappa shape index (κ3) is 1.95. The first-order chi connectivity index (χ1) is 8.54. The molecule has 0 atom stereocenters. The lowest BCUT2D eigenvalue weighted by molar-refractivity contribution is 0.103. The summed E-state index contributed by atoms with van der Waals surface area (Å²) in [7, 11) is 3.36. The number of carbonyl (C=O) groups is 1. The number of anilines is 1. The van der Waals surface area contributed by atoms with E-state index in [1.165, 1.54) is 0 Å². The molecule has 2 aromatic rings. The van der Waals surface area contributed by atoms with E-state index < -0.39 is 0 Å². The Labute approximate surface area is 105 Å². The number of nitrogen functional groups attached to an aromatic ring is 1. The molecule has 5 heteroatoms. The van der Waals surface area contributed by atoms with E-state index in [1.807, 2.05) is 6.92 Å². The summed E-state index contributed by atoms with van der Waals surface area (Å²) in [5.74, 6) is 1.27. The first-order valence-corrected chi connectivity index (χ1v) is 5.51. The van der Waals surface area contributed by atoms with Crippen molar-refractivity contribution in [2.75, 3.05) is 12.8 Å². The van der Waals surface area contributed by atoms with E-state index in [0.717, 1.165) is 5.82 Å². The van der Waals surface area contributed by atoms with Crippen molar-refractivity contribution in [2.45, 2.75) is 6.92 Å². The van der Waals surface area contributed by atoms with Crippen molar-refractivity contribution in [3.8, 4) is 5.75 Å². The molecule has 18 heavy (non-hydrogen) atoms. The van der Waals surface area contributed by atoms with Crippen LogP contribution >= 0.6 is 0 Å². The van der Waals surface area contributed by atoms with E-state index in [9.17, 15) is 4.79 Å². The quantitative estimate of drug-likeness (QED) is 0.658. The molecule has 0 aliphatic carbocycles. The van der Waals surface area contributed by atoms with E-state index >= 15 is 0 Å². The summed E-state index contributed by atoms with van der Waals surface area (Å²) in [5.41, 5.74) is 7.24. The molecule has 0 spiro atoms. The third-order valence-corrected chi connectivity index (χ3v) is 2.96. The molecular formula is C13H15N3O2. The number of aromatic nitrogens is 2. The van der Waals surface area contributed by atoms with E-state index in [0.29, 0.717) is 22.7 Å². The molecule has 2 rings (SSSR count). The Morgan fingerprint density at radius 2 is 2.17 bits per heavy atom. The van der Waals surface area contributed by atoms with Crippen LogP contribution in [0.3, 0.4) is 0 Å². The number of methoxy groups -OCH3 is 1. The molecule has 0 radical (unpaired) electrons.